The van der Waals surface area contributed by atoms with Crippen LogP contribution in [0.1, 0.15) is 0 Å². The predicted octanol–water partition coefficient (Wildman–Crippen LogP) is 4.62. The Morgan fingerprint density at radius 3 is 2.58 bits per heavy atom. The Balaban J connectivity index is 1.46. The van der Waals surface area contributed by atoms with Crippen LogP contribution in [0.4, 0.5) is 28.8 Å². The molecule has 3 N–H and O–H groups in total. The summed E-state index contributed by atoms with van der Waals surface area (Å²) in [5.41, 5.74) is 1.80. The molecule has 0 spiro atoms. The van der Waals surface area contributed by atoms with Crippen LogP contribution in [0.2, 0.25) is 5.02 Å². The molecule has 2 aromatic carbocycles. The van der Waals surface area contributed by atoms with E-state index in [2.05, 4.69) is 42.8 Å². The molecular weight excluding hydrogens is 549 g/mol. The lowest BCUT2D eigenvalue weighted by atomic mass is 10.2. The lowest BCUT2D eigenvalue weighted by molar-refractivity contribution is -0.111. The highest BCUT2D eigenvalue weighted by Gasteiger charge is 2.18. The second-order valence-corrected chi connectivity index (χ2v) is 13.5. The van der Waals surface area contributed by atoms with E-state index < -0.39 is 7.14 Å². The van der Waals surface area contributed by atoms with Gasteiger partial charge in [0.15, 0.2) is 5.82 Å². The Morgan fingerprint density at radius 2 is 1.85 bits per heavy atom. The Kier molecular flexibility index (Phi) is 9.81. The van der Waals surface area contributed by atoms with Crippen molar-refractivity contribution >= 4 is 58.8 Å². The van der Waals surface area contributed by atoms with E-state index in [0.29, 0.717) is 39.0 Å². The molecule has 1 aromatic heterocycles. The van der Waals surface area contributed by atoms with Gasteiger partial charge in [-0.2, -0.15) is 4.98 Å². The standard InChI is InChI=1S/C28H35ClN7O3P/c1-35-14-16-36(17-15-35)13-7-10-26(37)31-20-11-12-24(39-2)23(18-20)33-28-30-19-21(29)27(34-28)32-22-8-5-6-9-25(22)40(3,4)38/h5-12,18-19H,13-17H2,1-4H3,(H,31,37)(H2,30,32,33,34)/b10-7+. The topological polar surface area (TPSA) is 112 Å². The maximum absolute atomic E-state index is 12.8. The molecule has 12 heteroatoms. The zero-order valence-electron chi connectivity index (χ0n) is 23.1. The van der Waals surface area contributed by atoms with Gasteiger partial charge in [0.1, 0.15) is 17.9 Å². The minimum Gasteiger partial charge on any atom is -0.495 e. The molecule has 1 fully saturated rings. The van der Waals surface area contributed by atoms with Gasteiger partial charge >= 0.3 is 0 Å². The summed E-state index contributed by atoms with van der Waals surface area (Å²) in [7, 11) is 1.13. The average molecular weight is 584 g/mol. The highest BCUT2D eigenvalue weighted by Crippen LogP contribution is 2.39. The quantitative estimate of drug-likeness (QED) is 0.233. The van der Waals surface area contributed by atoms with Crippen LogP contribution in [0, 0.1) is 0 Å². The molecule has 0 unspecified atom stereocenters. The normalized spacial score (nSPS) is 14.7. The number of ether oxygens (including phenoxy) is 1. The number of hydrogen-bond acceptors (Lipinski definition) is 9. The van der Waals surface area contributed by atoms with Crippen molar-refractivity contribution in [3.8, 4) is 5.75 Å². The van der Waals surface area contributed by atoms with Crippen LogP contribution in [0.3, 0.4) is 0 Å². The van der Waals surface area contributed by atoms with E-state index in [9.17, 15) is 9.36 Å². The molecule has 1 aliphatic rings. The van der Waals surface area contributed by atoms with E-state index in [1.54, 1.807) is 44.7 Å². The van der Waals surface area contributed by atoms with Crippen molar-refractivity contribution in [1.29, 1.82) is 0 Å². The Morgan fingerprint density at radius 1 is 1.10 bits per heavy atom. The van der Waals surface area contributed by atoms with Crippen molar-refractivity contribution in [2.45, 2.75) is 0 Å². The molecule has 0 saturated carbocycles. The fourth-order valence-corrected chi connectivity index (χ4v) is 5.51. The first-order valence-electron chi connectivity index (χ1n) is 12.9. The first kappa shape index (κ1) is 29.6. The number of rotatable bonds is 10. The van der Waals surface area contributed by atoms with E-state index in [0.717, 1.165) is 32.7 Å². The third-order valence-corrected chi connectivity index (χ3v) is 8.25. The van der Waals surface area contributed by atoms with E-state index in [1.807, 2.05) is 30.3 Å². The number of likely N-dealkylation sites (N-methyl/N-ethyl adjacent to an activating group) is 1. The largest absolute Gasteiger partial charge is 0.495 e. The second-order valence-electron chi connectivity index (χ2n) is 9.92. The summed E-state index contributed by atoms with van der Waals surface area (Å²) in [6.07, 6.45) is 4.91. The molecule has 1 amide bonds. The van der Waals surface area contributed by atoms with Crippen LogP contribution in [0.25, 0.3) is 0 Å². The number of carbonyl (C=O) groups is 1. The highest BCUT2D eigenvalue weighted by atomic mass is 35.5. The molecule has 0 aliphatic carbocycles. The van der Waals surface area contributed by atoms with E-state index in [1.165, 1.54) is 6.20 Å². The van der Waals surface area contributed by atoms with Gasteiger partial charge in [-0.3, -0.25) is 9.69 Å². The van der Waals surface area contributed by atoms with Crippen LogP contribution in [-0.2, 0) is 9.36 Å². The van der Waals surface area contributed by atoms with Crippen LogP contribution in [-0.4, -0.2) is 85.9 Å². The maximum Gasteiger partial charge on any atom is 0.248 e. The molecule has 10 nitrogen and oxygen atoms in total. The minimum atomic E-state index is -2.54. The molecule has 1 aliphatic heterocycles. The lowest BCUT2D eigenvalue weighted by Crippen LogP contribution is -2.44. The predicted molar refractivity (Wildman–Crippen MR) is 164 cm³/mol. The summed E-state index contributed by atoms with van der Waals surface area (Å²) in [5.74, 6) is 0.936. The molecule has 212 valence electrons. The molecule has 40 heavy (non-hydrogen) atoms. The van der Waals surface area contributed by atoms with Crippen molar-refractivity contribution in [3.63, 3.8) is 0 Å². The minimum absolute atomic E-state index is 0.220. The Hall–Kier alpha value is -3.43. The van der Waals surface area contributed by atoms with Crippen LogP contribution in [0.15, 0.2) is 60.8 Å². The highest BCUT2D eigenvalue weighted by molar-refractivity contribution is 7.70. The summed E-state index contributed by atoms with van der Waals surface area (Å²) < 4.78 is 18.3. The van der Waals surface area contributed by atoms with E-state index in [4.69, 9.17) is 16.3 Å². The first-order chi connectivity index (χ1) is 19.1. The number of nitrogens with zero attached hydrogens (tertiary/aromatic N) is 4. The molecule has 2 heterocycles. The number of halogens is 1. The van der Waals surface area contributed by atoms with Gasteiger partial charge in [-0.15, -0.1) is 0 Å². The van der Waals surface area contributed by atoms with Crippen molar-refractivity contribution in [3.05, 3.63) is 65.8 Å². The van der Waals surface area contributed by atoms with E-state index >= 15 is 0 Å². The van der Waals surface area contributed by atoms with E-state index in [-0.39, 0.29) is 11.9 Å². The SMILES string of the molecule is COc1ccc(NC(=O)/C=C/CN2CCN(C)CC2)cc1Nc1ncc(Cl)c(Nc2ccccc2P(C)(C)=O)n1. The number of anilines is 5. The van der Waals surface area contributed by atoms with Gasteiger partial charge in [0.05, 0.1) is 24.7 Å². The maximum atomic E-state index is 12.8. The molecule has 3 aromatic rings. The van der Waals surface area contributed by atoms with Gasteiger partial charge in [-0.1, -0.05) is 29.8 Å². The van der Waals surface area contributed by atoms with Gasteiger partial charge < -0.3 is 30.2 Å². The monoisotopic (exact) mass is 583 g/mol. The summed E-state index contributed by atoms with van der Waals surface area (Å²) in [4.78, 5) is 26.0. The Labute approximate surface area is 240 Å². The number of para-hydroxylation sites is 1. The molecule has 0 atom stereocenters. The van der Waals surface area contributed by atoms with Gasteiger partial charge in [0.25, 0.3) is 0 Å². The zero-order chi connectivity index (χ0) is 28.7. The number of hydrogen-bond donors (Lipinski definition) is 3. The van der Waals surface area contributed by atoms with Crippen LogP contribution >= 0.6 is 18.7 Å². The Bertz CT molecular complexity index is 1420. The number of aromatic nitrogens is 2. The number of amides is 1. The van der Waals surface area contributed by atoms with Crippen molar-refractivity contribution in [2.24, 2.45) is 0 Å². The summed E-state index contributed by atoms with van der Waals surface area (Å²) in [5, 5.41) is 10.2. The fourth-order valence-electron chi connectivity index (χ4n) is 4.22. The molecule has 4 rings (SSSR count). The molecule has 0 radical (unpaired) electrons. The number of benzene rings is 2. The summed E-state index contributed by atoms with van der Waals surface area (Å²) in [6, 6.07) is 12.6. The number of carbonyl (C=O) groups excluding carboxylic acids is 1. The third kappa shape index (κ3) is 8.05. The molecule has 0 bridgehead atoms. The fraction of sp³-hybridized carbons (Fsp3) is 0.321. The van der Waals surface area contributed by atoms with Gasteiger partial charge in [-0.05, 0) is 50.7 Å². The smallest absolute Gasteiger partial charge is 0.248 e. The van der Waals surface area contributed by atoms with Crippen LogP contribution in [0.5, 0.6) is 5.75 Å². The van der Waals surface area contributed by atoms with Crippen LogP contribution < -0.4 is 26.0 Å². The number of nitrogens with one attached hydrogen (secondary N) is 3. The van der Waals surface area contributed by atoms with Gasteiger partial charge in [-0.25, -0.2) is 4.98 Å². The first-order valence-corrected chi connectivity index (χ1v) is 15.9. The molecule has 1 saturated heterocycles. The van der Waals surface area contributed by atoms with Crippen molar-refractivity contribution < 1.29 is 14.1 Å². The average Bonchev–Trinajstić information content (AvgIpc) is 2.91. The second kappa shape index (κ2) is 13.3. The zero-order valence-corrected chi connectivity index (χ0v) is 24.8. The number of piperazine rings is 1. The van der Waals surface area contributed by atoms with Crippen molar-refractivity contribution in [1.82, 2.24) is 19.8 Å². The summed E-state index contributed by atoms with van der Waals surface area (Å²) >= 11 is 6.39. The van der Waals surface area contributed by atoms with Crippen molar-refractivity contribution in [2.75, 3.05) is 76.2 Å². The lowest BCUT2D eigenvalue weighted by Gasteiger charge is -2.31. The van der Waals surface area contributed by atoms with Gasteiger partial charge in [0.2, 0.25) is 11.9 Å². The number of methoxy groups -OCH3 is 1. The summed E-state index contributed by atoms with van der Waals surface area (Å²) in [6.45, 7) is 8.20. The third-order valence-electron chi connectivity index (χ3n) is 6.42. The molecular formula is C28H35ClN7O3P. The van der Waals surface area contributed by atoms with Gasteiger partial charge in [0, 0.05) is 49.8 Å².